The van der Waals surface area contributed by atoms with E-state index in [9.17, 15) is 9.00 Å². The van der Waals surface area contributed by atoms with Crippen molar-refractivity contribution in [2.45, 2.75) is 73.1 Å². The highest BCUT2D eigenvalue weighted by molar-refractivity contribution is 8.03. The Morgan fingerprint density at radius 1 is 1.10 bits per heavy atom. The third-order valence-electron chi connectivity index (χ3n) is 7.36. The summed E-state index contributed by atoms with van der Waals surface area (Å²) >= 11 is 0. The lowest BCUT2D eigenvalue weighted by atomic mass is 9.39. The van der Waals surface area contributed by atoms with E-state index in [4.69, 9.17) is 0 Å². The molecule has 0 aromatic carbocycles. The van der Waals surface area contributed by atoms with Crippen LogP contribution in [0.4, 0.5) is 0 Å². The van der Waals surface area contributed by atoms with E-state index in [0.717, 1.165) is 19.3 Å². The lowest BCUT2D eigenvalue weighted by Crippen LogP contribution is -2.59. The number of allylic oxidation sites excluding steroid dienone is 2. The number of rotatable bonds is 4. The first-order chi connectivity index (χ1) is 13.6. The van der Waals surface area contributed by atoms with Crippen molar-refractivity contribution >= 4 is 25.9 Å². The van der Waals surface area contributed by atoms with Crippen molar-refractivity contribution in [2.24, 2.45) is 27.6 Å². The van der Waals surface area contributed by atoms with Gasteiger partial charge in [-0.2, -0.15) is 5.10 Å². The van der Waals surface area contributed by atoms with E-state index in [1.807, 2.05) is 12.3 Å². The second-order valence-corrected chi connectivity index (χ2v) is 15.5. The van der Waals surface area contributed by atoms with Crippen LogP contribution in [0.5, 0.6) is 0 Å². The SMILES string of the molecule is CC(C)(C)/C=C(\C(C(=O)C12CC3C[C@@](C)(C1)C[C@](C)(C3)C2)=S(C)(C)=O)n1cccn1. The summed E-state index contributed by atoms with van der Waals surface area (Å²) in [5.74, 6) is 0.746. The topological polar surface area (TPSA) is 52.0 Å². The average Bonchev–Trinajstić information content (AvgIpc) is 3.02. The van der Waals surface area contributed by atoms with Crippen LogP contribution in [0.2, 0.25) is 0 Å². The van der Waals surface area contributed by atoms with E-state index >= 15 is 0 Å². The van der Waals surface area contributed by atoms with Crippen molar-refractivity contribution in [2.75, 3.05) is 12.5 Å². The monoisotopic (exact) mass is 430 g/mol. The standard InChI is InChI=1S/C25H38N2O2S/c1-22(2,3)14-19(27-10-8-9-26-27)20(30(6,7)29)21(28)25-13-18-11-23(4,16-25)15-24(5,12-18)17-25/h8-10,14,18H,11-13,15-17H2,1-7H3/b19-14+/t18?,23-,24+,25?. The number of hydrogen-bond donors (Lipinski definition) is 0. The summed E-state index contributed by atoms with van der Waals surface area (Å²) in [7, 11) is -2.51. The van der Waals surface area contributed by atoms with Crippen LogP contribution >= 0.6 is 0 Å². The van der Waals surface area contributed by atoms with Crippen molar-refractivity contribution in [3.8, 4) is 0 Å². The molecule has 0 saturated heterocycles. The Bertz CT molecular complexity index is 992. The molecular formula is C25H38N2O2S. The van der Waals surface area contributed by atoms with E-state index in [0.29, 0.717) is 16.5 Å². The van der Waals surface area contributed by atoms with Crippen LogP contribution in [0, 0.1) is 27.6 Å². The number of hydrogen-bond acceptors (Lipinski definition) is 3. The van der Waals surface area contributed by atoms with Gasteiger partial charge in [-0.3, -0.25) is 9.00 Å². The summed E-state index contributed by atoms with van der Waals surface area (Å²) < 4.78 is 15.4. The molecule has 0 N–H and O–H groups in total. The summed E-state index contributed by atoms with van der Waals surface area (Å²) in [5.41, 5.74) is 0.625. The lowest BCUT2D eigenvalue weighted by molar-refractivity contribution is -0.161. The van der Waals surface area contributed by atoms with Gasteiger partial charge in [0.25, 0.3) is 0 Å². The first kappa shape index (κ1) is 21.9. The highest BCUT2D eigenvalue weighted by atomic mass is 32.2. The van der Waals surface area contributed by atoms with Crippen LogP contribution in [0.25, 0.3) is 5.70 Å². The molecule has 4 fully saturated rings. The minimum atomic E-state index is -2.51. The minimum Gasteiger partial charge on any atom is -0.293 e. The second-order valence-electron chi connectivity index (χ2n) is 12.6. The Morgan fingerprint density at radius 3 is 2.13 bits per heavy atom. The predicted octanol–water partition coefficient (Wildman–Crippen LogP) is 5.05. The van der Waals surface area contributed by atoms with Crippen molar-refractivity contribution in [1.29, 1.82) is 0 Å². The minimum absolute atomic E-state index is 0.130. The molecule has 4 aliphatic carbocycles. The normalized spacial score (nSPS) is 36.2. The Hall–Kier alpha value is -1.36. The van der Waals surface area contributed by atoms with Gasteiger partial charge in [0.05, 0.1) is 10.6 Å². The lowest BCUT2D eigenvalue weighted by Gasteiger charge is -2.64. The van der Waals surface area contributed by atoms with Gasteiger partial charge in [0.15, 0.2) is 5.78 Å². The number of Topliss-reactive ketones (excluding diaryl/α,β-unsaturated/α-hetero) is 1. The fourth-order valence-corrected chi connectivity index (χ4v) is 8.91. The van der Waals surface area contributed by atoms with Gasteiger partial charge < -0.3 is 0 Å². The molecule has 0 radical (unpaired) electrons. The Kier molecular flexibility index (Phi) is 4.79. The maximum absolute atomic E-state index is 14.5. The Balaban J connectivity index is 1.88. The number of aromatic nitrogens is 2. The maximum Gasteiger partial charge on any atom is 0.179 e. The largest absolute Gasteiger partial charge is 0.293 e. The van der Waals surface area contributed by atoms with Gasteiger partial charge in [-0.15, -0.1) is 0 Å². The molecule has 166 valence electrons. The zero-order valence-electron chi connectivity index (χ0n) is 19.7. The summed E-state index contributed by atoms with van der Waals surface area (Å²) in [5, 5.41) is 4.44. The smallest absolute Gasteiger partial charge is 0.179 e. The fraction of sp³-hybridized carbons (Fsp3) is 0.720. The number of nitrogens with zero attached hydrogens (tertiary/aromatic N) is 2. The quantitative estimate of drug-likeness (QED) is 0.496. The number of carbonyl (C=O) groups is 1. The zero-order chi connectivity index (χ0) is 22.2. The molecule has 4 nitrogen and oxygen atoms in total. The van der Waals surface area contributed by atoms with Gasteiger partial charge >= 0.3 is 0 Å². The number of ketones is 1. The summed E-state index contributed by atoms with van der Waals surface area (Å²) in [6, 6.07) is 1.86. The van der Waals surface area contributed by atoms with Crippen LogP contribution in [0.15, 0.2) is 24.5 Å². The highest BCUT2D eigenvalue weighted by Crippen LogP contribution is 2.70. The van der Waals surface area contributed by atoms with Crippen molar-refractivity contribution in [1.82, 2.24) is 9.78 Å². The predicted molar refractivity (Wildman–Crippen MR) is 126 cm³/mol. The molecule has 1 aromatic heterocycles. The van der Waals surface area contributed by atoms with E-state index in [2.05, 4.69) is 45.8 Å². The summed E-state index contributed by atoms with van der Waals surface area (Å²) in [6.45, 7) is 11.1. The Labute approximate surface area is 182 Å². The molecule has 5 heteroatoms. The fourth-order valence-electron chi connectivity index (χ4n) is 7.59. The summed E-state index contributed by atoms with van der Waals surface area (Å²) in [6.07, 6.45) is 15.6. The first-order valence-corrected chi connectivity index (χ1v) is 13.6. The molecule has 1 heterocycles. The van der Waals surface area contributed by atoms with Gasteiger partial charge in [0.1, 0.15) is 0 Å². The Morgan fingerprint density at radius 2 is 1.70 bits per heavy atom. The molecule has 4 saturated carbocycles. The van der Waals surface area contributed by atoms with Gasteiger partial charge in [0, 0.05) is 30.3 Å². The molecule has 0 amide bonds. The highest BCUT2D eigenvalue weighted by Gasteiger charge is 2.63. The van der Waals surface area contributed by atoms with E-state index < -0.39 is 9.52 Å². The third kappa shape index (κ3) is 3.83. The molecule has 2 unspecified atom stereocenters. The second kappa shape index (κ2) is 6.57. The van der Waals surface area contributed by atoms with Gasteiger partial charge in [-0.25, -0.2) is 4.68 Å². The zero-order valence-corrected chi connectivity index (χ0v) is 20.6. The molecule has 5 rings (SSSR count). The summed E-state index contributed by atoms with van der Waals surface area (Å²) in [4.78, 5) is 14.9. The average molecular weight is 431 g/mol. The van der Waals surface area contributed by atoms with Crippen molar-refractivity contribution in [3.05, 3.63) is 24.5 Å². The van der Waals surface area contributed by atoms with E-state index in [1.54, 1.807) is 23.4 Å². The van der Waals surface area contributed by atoms with Crippen LogP contribution in [0.3, 0.4) is 0 Å². The first-order valence-electron chi connectivity index (χ1n) is 11.2. The third-order valence-corrected chi connectivity index (χ3v) is 8.74. The molecule has 30 heavy (non-hydrogen) atoms. The van der Waals surface area contributed by atoms with E-state index in [1.165, 1.54) is 19.3 Å². The molecule has 4 atom stereocenters. The molecule has 4 aliphatic rings. The molecular weight excluding hydrogens is 392 g/mol. The van der Waals surface area contributed by atoms with Gasteiger partial charge in [-0.1, -0.05) is 40.7 Å². The molecule has 1 aromatic rings. The maximum atomic E-state index is 14.5. The van der Waals surface area contributed by atoms with Crippen LogP contribution in [0.1, 0.15) is 73.1 Å². The van der Waals surface area contributed by atoms with Gasteiger partial charge in [0.2, 0.25) is 0 Å². The molecule has 4 bridgehead atoms. The van der Waals surface area contributed by atoms with E-state index in [-0.39, 0.29) is 27.4 Å². The van der Waals surface area contributed by atoms with Crippen molar-refractivity contribution < 1.29 is 9.00 Å². The van der Waals surface area contributed by atoms with Crippen LogP contribution in [-0.4, -0.2) is 37.1 Å². The van der Waals surface area contributed by atoms with Gasteiger partial charge in [-0.05, 0) is 76.3 Å². The number of carbonyl (C=O) groups excluding carboxylic acids is 1. The van der Waals surface area contributed by atoms with Crippen molar-refractivity contribution in [3.63, 3.8) is 0 Å². The molecule has 0 spiro atoms. The van der Waals surface area contributed by atoms with Crippen LogP contribution in [-0.2, 0) is 14.3 Å². The van der Waals surface area contributed by atoms with Crippen LogP contribution < -0.4 is 0 Å². The molecule has 0 aliphatic heterocycles.